The van der Waals surface area contributed by atoms with Crippen LogP contribution in [0.4, 0.5) is 4.79 Å². The Bertz CT molecular complexity index is 381. The standard InChI is InChI=1S/C11H13NO5/c13-8-3-4-9(14)12(8)17-10(15)16-11(5-6-11)7-1-2-7/h7H,1-6H2. The van der Waals surface area contributed by atoms with E-state index in [2.05, 4.69) is 4.84 Å². The maximum Gasteiger partial charge on any atom is 0.534 e. The molecule has 1 saturated heterocycles. The first-order valence-electron chi connectivity index (χ1n) is 5.87. The molecule has 0 atom stereocenters. The number of amides is 2. The van der Waals surface area contributed by atoms with Gasteiger partial charge < -0.3 is 4.74 Å². The number of imide groups is 1. The molecule has 0 aromatic rings. The summed E-state index contributed by atoms with van der Waals surface area (Å²) in [5, 5.41) is 0.519. The molecule has 0 N–H and O–H groups in total. The maximum absolute atomic E-state index is 11.5. The first-order chi connectivity index (χ1) is 8.11. The average molecular weight is 239 g/mol. The monoisotopic (exact) mass is 239 g/mol. The van der Waals surface area contributed by atoms with Crippen LogP contribution in [-0.2, 0) is 19.2 Å². The molecule has 17 heavy (non-hydrogen) atoms. The SMILES string of the molecule is O=C(ON1C(=O)CCC1=O)OC1(C2CC2)CC1. The Morgan fingerprint density at radius 3 is 2.24 bits per heavy atom. The van der Waals surface area contributed by atoms with Crippen LogP contribution in [0.5, 0.6) is 0 Å². The molecule has 2 saturated carbocycles. The Morgan fingerprint density at radius 2 is 1.76 bits per heavy atom. The van der Waals surface area contributed by atoms with E-state index in [1.165, 1.54) is 0 Å². The molecular formula is C11H13NO5. The van der Waals surface area contributed by atoms with E-state index in [9.17, 15) is 14.4 Å². The Hall–Kier alpha value is -1.59. The third-order valence-corrected chi connectivity index (χ3v) is 3.52. The zero-order valence-electron chi connectivity index (χ0n) is 9.31. The minimum absolute atomic E-state index is 0.0971. The second-order valence-corrected chi connectivity index (χ2v) is 4.86. The normalized spacial score (nSPS) is 26.0. The van der Waals surface area contributed by atoms with Gasteiger partial charge in [0.2, 0.25) is 0 Å². The number of rotatable bonds is 3. The van der Waals surface area contributed by atoms with Crippen molar-refractivity contribution in [1.82, 2.24) is 5.06 Å². The fourth-order valence-electron chi connectivity index (χ4n) is 2.24. The molecule has 6 heteroatoms. The van der Waals surface area contributed by atoms with Gasteiger partial charge in [-0.2, -0.15) is 0 Å². The van der Waals surface area contributed by atoms with Crippen LogP contribution in [0.25, 0.3) is 0 Å². The smallest absolute Gasteiger partial charge is 0.426 e. The summed E-state index contributed by atoms with van der Waals surface area (Å²) < 4.78 is 5.22. The molecule has 92 valence electrons. The quantitative estimate of drug-likeness (QED) is 0.545. The van der Waals surface area contributed by atoms with Crippen molar-refractivity contribution in [2.45, 2.75) is 44.1 Å². The van der Waals surface area contributed by atoms with E-state index in [4.69, 9.17) is 4.74 Å². The van der Waals surface area contributed by atoms with E-state index in [0.29, 0.717) is 11.0 Å². The summed E-state index contributed by atoms with van der Waals surface area (Å²) in [6, 6.07) is 0. The highest BCUT2D eigenvalue weighted by molar-refractivity contribution is 6.01. The van der Waals surface area contributed by atoms with E-state index in [-0.39, 0.29) is 18.4 Å². The molecule has 1 aliphatic heterocycles. The minimum Gasteiger partial charge on any atom is -0.426 e. The van der Waals surface area contributed by atoms with Crippen LogP contribution in [0.2, 0.25) is 0 Å². The van der Waals surface area contributed by atoms with E-state index < -0.39 is 18.0 Å². The van der Waals surface area contributed by atoms with E-state index in [1.807, 2.05) is 0 Å². The maximum atomic E-state index is 11.5. The minimum atomic E-state index is -0.932. The lowest BCUT2D eigenvalue weighted by Crippen LogP contribution is -2.34. The molecule has 1 heterocycles. The number of hydroxylamine groups is 2. The molecule has 0 aromatic heterocycles. The lowest BCUT2D eigenvalue weighted by molar-refractivity contribution is -0.179. The lowest BCUT2D eigenvalue weighted by Gasteiger charge is -2.17. The van der Waals surface area contributed by atoms with Crippen molar-refractivity contribution in [3.05, 3.63) is 0 Å². The number of ether oxygens (including phenoxy) is 1. The first-order valence-corrected chi connectivity index (χ1v) is 5.87. The zero-order chi connectivity index (χ0) is 12.0. The summed E-state index contributed by atoms with van der Waals surface area (Å²) in [5.74, 6) is -0.522. The molecule has 0 radical (unpaired) electrons. The summed E-state index contributed by atoms with van der Waals surface area (Å²) in [4.78, 5) is 38.6. The van der Waals surface area contributed by atoms with Crippen LogP contribution >= 0.6 is 0 Å². The highest BCUT2D eigenvalue weighted by Gasteiger charge is 2.58. The zero-order valence-corrected chi connectivity index (χ0v) is 9.31. The van der Waals surface area contributed by atoms with Gasteiger partial charge in [0.25, 0.3) is 11.8 Å². The lowest BCUT2D eigenvalue weighted by atomic mass is 10.2. The summed E-state index contributed by atoms with van der Waals surface area (Å²) in [6.45, 7) is 0. The number of carbonyl (C=O) groups is 3. The molecule has 3 aliphatic rings. The fourth-order valence-corrected chi connectivity index (χ4v) is 2.24. The van der Waals surface area contributed by atoms with Crippen LogP contribution in [0.1, 0.15) is 38.5 Å². The third-order valence-electron chi connectivity index (χ3n) is 3.52. The predicted molar refractivity (Wildman–Crippen MR) is 53.3 cm³/mol. The second-order valence-electron chi connectivity index (χ2n) is 4.86. The third kappa shape index (κ3) is 1.87. The van der Waals surface area contributed by atoms with Crippen LogP contribution in [0, 0.1) is 5.92 Å². The summed E-state index contributed by atoms with van der Waals surface area (Å²) in [5.41, 5.74) is -0.358. The van der Waals surface area contributed by atoms with Gasteiger partial charge in [-0.15, -0.1) is 0 Å². The van der Waals surface area contributed by atoms with E-state index in [0.717, 1.165) is 25.7 Å². The van der Waals surface area contributed by atoms with Crippen molar-refractivity contribution < 1.29 is 24.0 Å². The van der Waals surface area contributed by atoms with E-state index >= 15 is 0 Å². The number of carbonyl (C=O) groups excluding carboxylic acids is 3. The van der Waals surface area contributed by atoms with Crippen LogP contribution in [0.3, 0.4) is 0 Å². The van der Waals surface area contributed by atoms with Crippen molar-refractivity contribution in [2.75, 3.05) is 0 Å². The van der Waals surface area contributed by atoms with Gasteiger partial charge in [-0.05, 0) is 31.6 Å². The predicted octanol–water partition coefficient (Wildman–Crippen LogP) is 1.15. The topological polar surface area (TPSA) is 72.9 Å². The molecule has 6 nitrogen and oxygen atoms in total. The van der Waals surface area contributed by atoms with Crippen LogP contribution in [0.15, 0.2) is 0 Å². The van der Waals surface area contributed by atoms with Gasteiger partial charge >= 0.3 is 6.16 Å². The highest BCUT2D eigenvalue weighted by Crippen LogP contribution is 2.56. The Kier molecular flexibility index (Phi) is 2.14. The molecule has 0 aromatic carbocycles. The van der Waals surface area contributed by atoms with Crippen LogP contribution in [-0.4, -0.2) is 28.6 Å². The Balaban J connectivity index is 1.56. The summed E-state index contributed by atoms with van der Waals surface area (Å²) in [6.07, 6.45) is 3.13. The second kappa shape index (κ2) is 3.45. The first kappa shape index (κ1) is 10.6. The molecule has 2 aliphatic carbocycles. The molecule has 0 spiro atoms. The number of hydrogen-bond donors (Lipinski definition) is 0. The summed E-state index contributed by atoms with van der Waals surface area (Å²) >= 11 is 0. The molecule has 0 unspecified atom stereocenters. The van der Waals surface area contributed by atoms with Gasteiger partial charge in [-0.25, -0.2) is 4.79 Å². The average Bonchev–Trinajstić information content (AvgIpc) is 3.13. The Morgan fingerprint density at radius 1 is 1.18 bits per heavy atom. The molecule has 3 fully saturated rings. The van der Waals surface area contributed by atoms with Gasteiger partial charge in [0.05, 0.1) is 0 Å². The van der Waals surface area contributed by atoms with Crippen LogP contribution < -0.4 is 0 Å². The highest BCUT2D eigenvalue weighted by atomic mass is 16.8. The van der Waals surface area contributed by atoms with Crippen molar-refractivity contribution in [3.63, 3.8) is 0 Å². The fraction of sp³-hybridized carbons (Fsp3) is 0.727. The largest absolute Gasteiger partial charge is 0.534 e. The number of hydrogen-bond acceptors (Lipinski definition) is 5. The molecule has 3 rings (SSSR count). The van der Waals surface area contributed by atoms with Gasteiger partial charge in [0.15, 0.2) is 0 Å². The Labute approximate surface area is 97.8 Å². The van der Waals surface area contributed by atoms with Crippen molar-refractivity contribution in [2.24, 2.45) is 5.92 Å². The summed E-state index contributed by atoms with van der Waals surface area (Å²) in [7, 11) is 0. The van der Waals surface area contributed by atoms with E-state index in [1.54, 1.807) is 0 Å². The molecule has 2 amide bonds. The van der Waals surface area contributed by atoms with Crippen molar-refractivity contribution in [3.8, 4) is 0 Å². The van der Waals surface area contributed by atoms with Gasteiger partial charge in [-0.1, -0.05) is 5.06 Å². The van der Waals surface area contributed by atoms with Gasteiger partial charge in [0.1, 0.15) is 5.60 Å². The van der Waals surface area contributed by atoms with Gasteiger partial charge in [0, 0.05) is 12.8 Å². The van der Waals surface area contributed by atoms with Gasteiger partial charge in [-0.3, -0.25) is 14.4 Å². The van der Waals surface area contributed by atoms with Crippen molar-refractivity contribution in [1.29, 1.82) is 0 Å². The number of nitrogens with zero attached hydrogens (tertiary/aromatic N) is 1. The van der Waals surface area contributed by atoms with Crippen molar-refractivity contribution >= 4 is 18.0 Å². The molecular weight excluding hydrogens is 226 g/mol. The molecule has 0 bridgehead atoms.